The molecule has 0 aliphatic rings. The lowest BCUT2D eigenvalue weighted by Gasteiger charge is -2.21. The zero-order valence-corrected chi connectivity index (χ0v) is 11.9. The highest BCUT2D eigenvalue weighted by Crippen LogP contribution is 2.26. The van der Waals surface area contributed by atoms with Gasteiger partial charge in [-0.1, -0.05) is 18.2 Å². The van der Waals surface area contributed by atoms with Gasteiger partial charge in [-0.15, -0.1) is 0 Å². The third-order valence-electron chi connectivity index (χ3n) is 3.30. The number of nitrogens with zero attached hydrogens (tertiary/aromatic N) is 1. The second-order valence-corrected chi connectivity index (χ2v) is 4.75. The van der Waals surface area contributed by atoms with Crippen LogP contribution in [0.5, 0.6) is 5.75 Å². The summed E-state index contributed by atoms with van der Waals surface area (Å²) < 4.78 is 18.2. The number of aromatic nitrogens is 1. The Hall–Kier alpha value is -1.94. The number of benzene rings is 1. The number of hydrogen-bond acceptors (Lipinski definition) is 3. The van der Waals surface area contributed by atoms with Crippen molar-refractivity contribution in [3.63, 3.8) is 0 Å². The number of nitrogens with one attached hydrogen (secondary N) is 1. The molecule has 2 aromatic rings. The van der Waals surface area contributed by atoms with E-state index < -0.39 is 0 Å². The number of hydrogen-bond donors (Lipinski definition) is 1. The van der Waals surface area contributed by atoms with Gasteiger partial charge in [-0.05, 0) is 32.0 Å². The molecule has 0 aliphatic heterocycles. The summed E-state index contributed by atoms with van der Waals surface area (Å²) >= 11 is 0. The Labute approximate surface area is 118 Å². The molecule has 0 spiro atoms. The number of methoxy groups -OCH3 is 1. The Bertz CT molecular complexity index is 557. The zero-order chi connectivity index (χ0) is 14.5. The predicted octanol–water partition coefficient (Wildman–Crippen LogP) is 3.64. The second kappa shape index (κ2) is 6.48. The van der Waals surface area contributed by atoms with Gasteiger partial charge < -0.3 is 10.1 Å². The molecule has 2 rings (SSSR count). The van der Waals surface area contributed by atoms with Crippen molar-refractivity contribution in [1.82, 2.24) is 10.3 Å². The summed E-state index contributed by atoms with van der Waals surface area (Å²) in [5, 5.41) is 3.44. The van der Waals surface area contributed by atoms with Crippen molar-refractivity contribution < 1.29 is 9.13 Å². The van der Waals surface area contributed by atoms with Gasteiger partial charge in [0.25, 0.3) is 0 Å². The number of rotatable bonds is 5. The molecule has 1 N–H and O–H groups in total. The maximum atomic E-state index is 12.9. The van der Waals surface area contributed by atoms with Gasteiger partial charge in [0.2, 0.25) is 0 Å². The molecule has 0 bridgehead atoms. The van der Waals surface area contributed by atoms with Gasteiger partial charge in [0.1, 0.15) is 11.6 Å². The van der Waals surface area contributed by atoms with Crippen LogP contribution in [0.1, 0.15) is 37.2 Å². The van der Waals surface area contributed by atoms with Crippen LogP contribution in [0, 0.1) is 5.82 Å². The fraction of sp³-hybridized carbons (Fsp3) is 0.312. The minimum atomic E-state index is -0.321. The molecular formula is C16H19FN2O. The molecule has 0 fully saturated rings. The summed E-state index contributed by atoms with van der Waals surface area (Å²) in [4.78, 5) is 4.10. The minimum absolute atomic E-state index is 0.0236. The van der Waals surface area contributed by atoms with Crippen molar-refractivity contribution >= 4 is 0 Å². The molecule has 2 atom stereocenters. The molecule has 4 heteroatoms. The first-order valence-electron chi connectivity index (χ1n) is 6.62. The van der Waals surface area contributed by atoms with Crippen LogP contribution in [0.4, 0.5) is 4.39 Å². The molecule has 0 saturated heterocycles. The van der Waals surface area contributed by atoms with Crippen LogP contribution < -0.4 is 10.1 Å². The Kier molecular flexibility index (Phi) is 4.69. The van der Waals surface area contributed by atoms with Crippen LogP contribution >= 0.6 is 0 Å². The van der Waals surface area contributed by atoms with Crippen LogP contribution in [-0.4, -0.2) is 12.1 Å². The Morgan fingerprint density at radius 3 is 2.50 bits per heavy atom. The van der Waals surface area contributed by atoms with Crippen molar-refractivity contribution in [1.29, 1.82) is 0 Å². The van der Waals surface area contributed by atoms with Gasteiger partial charge in [0, 0.05) is 17.6 Å². The fourth-order valence-corrected chi connectivity index (χ4v) is 2.22. The van der Waals surface area contributed by atoms with Crippen LogP contribution in [-0.2, 0) is 0 Å². The van der Waals surface area contributed by atoms with E-state index in [1.807, 2.05) is 31.2 Å². The standard InChI is InChI=1S/C16H19FN2O/c1-11(14-6-4-5-7-16(14)20-3)19-12(2)15-9-8-13(17)10-18-15/h4-12,19H,1-3H3/t11-,12?/m1/s1. The summed E-state index contributed by atoms with van der Waals surface area (Å²) in [5.41, 5.74) is 1.90. The van der Waals surface area contributed by atoms with E-state index in [-0.39, 0.29) is 17.9 Å². The number of para-hydroxylation sites is 1. The van der Waals surface area contributed by atoms with Crippen LogP contribution in [0.15, 0.2) is 42.6 Å². The van der Waals surface area contributed by atoms with Gasteiger partial charge in [-0.3, -0.25) is 4.98 Å². The van der Waals surface area contributed by atoms with E-state index in [1.54, 1.807) is 13.2 Å². The first kappa shape index (κ1) is 14.5. The second-order valence-electron chi connectivity index (χ2n) is 4.75. The van der Waals surface area contributed by atoms with Crippen molar-refractivity contribution in [3.05, 3.63) is 59.7 Å². The van der Waals surface area contributed by atoms with Gasteiger partial charge in [0.15, 0.2) is 0 Å². The van der Waals surface area contributed by atoms with E-state index in [4.69, 9.17) is 4.74 Å². The zero-order valence-electron chi connectivity index (χ0n) is 11.9. The molecule has 20 heavy (non-hydrogen) atoms. The first-order chi connectivity index (χ1) is 9.61. The average Bonchev–Trinajstić information content (AvgIpc) is 2.47. The maximum Gasteiger partial charge on any atom is 0.141 e. The molecule has 0 saturated carbocycles. The molecule has 1 heterocycles. The van der Waals surface area contributed by atoms with E-state index in [1.165, 1.54) is 12.3 Å². The third kappa shape index (κ3) is 3.33. The van der Waals surface area contributed by atoms with Crippen molar-refractivity contribution in [2.24, 2.45) is 0 Å². The molecule has 0 aliphatic carbocycles. The Morgan fingerprint density at radius 2 is 1.85 bits per heavy atom. The summed E-state index contributed by atoms with van der Waals surface area (Å²) in [6.07, 6.45) is 1.24. The predicted molar refractivity (Wildman–Crippen MR) is 77.2 cm³/mol. The topological polar surface area (TPSA) is 34.1 Å². The number of pyridine rings is 1. The first-order valence-corrected chi connectivity index (χ1v) is 6.62. The minimum Gasteiger partial charge on any atom is -0.496 e. The molecule has 1 aromatic heterocycles. The smallest absolute Gasteiger partial charge is 0.141 e. The van der Waals surface area contributed by atoms with Gasteiger partial charge in [-0.2, -0.15) is 0 Å². The maximum absolute atomic E-state index is 12.9. The van der Waals surface area contributed by atoms with Crippen molar-refractivity contribution in [2.75, 3.05) is 7.11 Å². The van der Waals surface area contributed by atoms with Gasteiger partial charge in [0.05, 0.1) is 19.0 Å². The highest BCUT2D eigenvalue weighted by molar-refractivity contribution is 5.35. The highest BCUT2D eigenvalue weighted by Gasteiger charge is 2.15. The summed E-state index contributed by atoms with van der Waals surface area (Å²) in [6.45, 7) is 4.07. The summed E-state index contributed by atoms with van der Waals surface area (Å²) in [6, 6.07) is 11.1. The molecule has 0 radical (unpaired) electrons. The molecule has 106 valence electrons. The van der Waals surface area contributed by atoms with E-state index in [0.29, 0.717) is 0 Å². The van der Waals surface area contributed by atoms with Crippen LogP contribution in [0.3, 0.4) is 0 Å². The molecule has 0 amide bonds. The largest absolute Gasteiger partial charge is 0.496 e. The van der Waals surface area contributed by atoms with E-state index >= 15 is 0 Å². The van der Waals surface area contributed by atoms with Crippen LogP contribution in [0.2, 0.25) is 0 Å². The fourth-order valence-electron chi connectivity index (χ4n) is 2.22. The highest BCUT2D eigenvalue weighted by atomic mass is 19.1. The van der Waals surface area contributed by atoms with Gasteiger partial charge >= 0.3 is 0 Å². The lowest BCUT2D eigenvalue weighted by molar-refractivity contribution is 0.396. The summed E-state index contributed by atoms with van der Waals surface area (Å²) in [7, 11) is 1.66. The lowest BCUT2D eigenvalue weighted by atomic mass is 10.1. The third-order valence-corrected chi connectivity index (χ3v) is 3.30. The normalized spacial score (nSPS) is 13.8. The Morgan fingerprint density at radius 1 is 1.10 bits per heavy atom. The molecule has 1 aromatic carbocycles. The van der Waals surface area contributed by atoms with Crippen molar-refractivity contribution in [2.45, 2.75) is 25.9 Å². The molecule has 3 nitrogen and oxygen atoms in total. The molecule has 1 unspecified atom stereocenters. The SMILES string of the molecule is COc1ccccc1[C@@H](C)NC(C)c1ccc(F)cn1. The average molecular weight is 274 g/mol. The van der Waals surface area contributed by atoms with E-state index in [9.17, 15) is 4.39 Å². The molecular weight excluding hydrogens is 255 g/mol. The lowest BCUT2D eigenvalue weighted by Crippen LogP contribution is -2.23. The Balaban J connectivity index is 2.10. The van der Waals surface area contributed by atoms with E-state index in [0.717, 1.165) is 17.0 Å². The number of ether oxygens (including phenoxy) is 1. The quantitative estimate of drug-likeness (QED) is 0.903. The van der Waals surface area contributed by atoms with Crippen molar-refractivity contribution in [3.8, 4) is 5.75 Å². The van der Waals surface area contributed by atoms with Gasteiger partial charge in [-0.25, -0.2) is 4.39 Å². The van der Waals surface area contributed by atoms with Crippen LogP contribution in [0.25, 0.3) is 0 Å². The van der Waals surface area contributed by atoms with E-state index in [2.05, 4.69) is 17.2 Å². The number of halogens is 1. The monoisotopic (exact) mass is 274 g/mol. The summed E-state index contributed by atoms with van der Waals surface area (Å²) in [5.74, 6) is 0.533.